The summed E-state index contributed by atoms with van der Waals surface area (Å²) in [5, 5.41) is 1.55. The summed E-state index contributed by atoms with van der Waals surface area (Å²) in [6.07, 6.45) is 1.68. The van der Waals surface area contributed by atoms with E-state index in [1.165, 1.54) is 24.3 Å². The molecule has 0 bridgehead atoms. The molecule has 0 aliphatic carbocycles. The molecule has 2 rings (SSSR count). The second-order valence-electron chi connectivity index (χ2n) is 4.01. The normalized spacial score (nSPS) is 12.7. The van der Waals surface area contributed by atoms with E-state index in [0.717, 1.165) is 11.1 Å². The number of benzene rings is 2. The van der Waals surface area contributed by atoms with Crippen molar-refractivity contribution in [2.45, 2.75) is 5.75 Å². The highest BCUT2D eigenvalue weighted by Crippen LogP contribution is 2.09. The van der Waals surface area contributed by atoms with E-state index < -0.39 is 10.8 Å². The molecule has 0 aliphatic rings. The van der Waals surface area contributed by atoms with Crippen LogP contribution in [0.25, 0.3) is 6.08 Å². The van der Waals surface area contributed by atoms with Crippen molar-refractivity contribution >= 4 is 16.9 Å². The van der Waals surface area contributed by atoms with Gasteiger partial charge in [0, 0.05) is 5.41 Å². The summed E-state index contributed by atoms with van der Waals surface area (Å²) in [5.41, 5.74) is 1.59. The van der Waals surface area contributed by atoms with E-state index in [9.17, 15) is 13.0 Å². The van der Waals surface area contributed by atoms with Crippen LogP contribution in [0.5, 0.6) is 0 Å². The average molecular weight is 278 g/mol. The molecule has 0 radical (unpaired) electrons. The molecule has 0 aromatic heterocycles. The topological polar surface area (TPSA) is 17.1 Å². The van der Waals surface area contributed by atoms with Gasteiger partial charge in [-0.05, 0) is 41.5 Å². The molecule has 0 saturated heterocycles. The quantitative estimate of drug-likeness (QED) is 0.829. The Bertz CT molecular complexity index is 589. The Morgan fingerprint density at radius 2 is 1.42 bits per heavy atom. The maximum atomic E-state index is 12.7. The van der Waals surface area contributed by atoms with Crippen LogP contribution in [0, 0.1) is 11.6 Å². The number of halogens is 2. The lowest BCUT2D eigenvalue weighted by Crippen LogP contribution is -1.91. The van der Waals surface area contributed by atoms with Crippen LogP contribution in [0.4, 0.5) is 8.78 Å². The van der Waals surface area contributed by atoms with Crippen molar-refractivity contribution in [2.24, 2.45) is 0 Å². The molecular weight excluding hydrogens is 266 g/mol. The smallest absolute Gasteiger partial charge is 0.123 e. The Morgan fingerprint density at radius 1 is 0.895 bits per heavy atom. The number of hydrogen-bond acceptors (Lipinski definition) is 1. The van der Waals surface area contributed by atoms with Gasteiger partial charge < -0.3 is 0 Å². The summed E-state index contributed by atoms with van der Waals surface area (Å²) in [7, 11) is -1.18. The SMILES string of the molecule is O=S(/C=C\c1ccc(F)cc1)Cc1ccc(F)cc1. The minimum atomic E-state index is -1.18. The maximum Gasteiger partial charge on any atom is 0.123 e. The first kappa shape index (κ1) is 13.6. The fraction of sp³-hybridized carbons (Fsp3) is 0.0667. The van der Waals surface area contributed by atoms with Crippen LogP contribution < -0.4 is 0 Å². The molecule has 98 valence electrons. The Balaban J connectivity index is 1.97. The zero-order chi connectivity index (χ0) is 13.7. The molecule has 19 heavy (non-hydrogen) atoms. The third-order valence-electron chi connectivity index (χ3n) is 2.50. The van der Waals surface area contributed by atoms with Crippen LogP contribution in [0.1, 0.15) is 11.1 Å². The summed E-state index contributed by atoms with van der Waals surface area (Å²) in [5.74, 6) is -0.279. The molecule has 2 aromatic rings. The molecule has 1 unspecified atom stereocenters. The molecule has 0 spiro atoms. The first-order valence-corrected chi connectivity index (χ1v) is 7.07. The van der Waals surface area contributed by atoms with Gasteiger partial charge in [-0.2, -0.15) is 0 Å². The Morgan fingerprint density at radius 3 is 2.00 bits per heavy atom. The number of rotatable bonds is 4. The lowest BCUT2D eigenvalue weighted by atomic mass is 10.2. The summed E-state index contributed by atoms with van der Waals surface area (Å²) < 4.78 is 37.2. The van der Waals surface area contributed by atoms with Crippen molar-refractivity contribution in [2.75, 3.05) is 0 Å². The molecule has 0 aliphatic heterocycles. The van der Waals surface area contributed by atoms with Crippen molar-refractivity contribution in [1.29, 1.82) is 0 Å². The zero-order valence-corrected chi connectivity index (χ0v) is 10.9. The highest BCUT2D eigenvalue weighted by atomic mass is 32.2. The Hall–Kier alpha value is -1.81. The average Bonchev–Trinajstić information content (AvgIpc) is 2.41. The van der Waals surface area contributed by atoms with Gasteiger partial charge >= 0.3 is 0 Å². The van der Waals surface area contributed by atoms with Crippen LogP contribution in [0.3, 0.4) is 0 Å². The van der Waals surface area contributed by atoms with Gasteiger partial charge in [-0.15, -0.1) is 0 Å². The summed E-state index contributed by atoms with van der Waals surface area (Å²) in [6, 6.07) is 11.8. The third-order valence-corrected chi connectivity index (χ3v) is 3.56. The second kappa shape index (κ2) is 6.38. The molecule has 0 saturated carbocycles. The third kappa shape index (κ3) is 4.41. The maximum absolute atomic E-state index is 12.7. The molecular formula is C15H12F2OS. The van der Waals surface area contributed by atoms with Crippen LogP contribution >= 0.6 is 0 Å². The van der Waals surface area contributed by atoms with Crippen LogP contribution in [0.15, 0.2) is 53.9 Å². The second-order valence-corrected chi connectivity index (χ2v) is 5.33. The summed E-state index contributed by atoms with van der Waals surface area (Å²) in [6.45, 7) is 0. The van der Waals surface area contributed by atoms with Crippen molar-refractivity contribution in [3.05, 3.63) is 76.7 Å². The molecule has 0 amide bonds. The van der Waals surface area contributed by atoms with Gasteiger partial charge in [-0.25, -0.2) is 8.78 Å². The van der Waals surface area contributed by atoms with Crippen molar-refractivity contribution < 1.29 is 13.0 Å². The van der Waals surface area contributed by atoms with Gasteiger partial charge in [0.25, 0.3) is 0 Å². The molecule has 0 fully saturated rings. The lowest BCUT2D eigenvalue weighted by molar-refractivity contribution is 0.627. The van der Waals surface area contributed by atoms with Gasteiger partial charge in [-0.1, -0.05) is 24.3 Å². The van der Waals surface area contributed by atoms with Gasteiger partial charge in [0.2, 0.25) is 0 Å². The van der Waals surface area contributed by atoms with E-state index in [2.05, 4.69) is 0 Å². The minimum Gasteiger partial charge on any atom is -0.255 e. The number of hydrogen-bond donors (Lipinski definition) is 0. The highest BCUT2D eigenvalue weighted by Gasteiger charge is 1.99. The van der Waals surface area contributed by atoms with Crippen LogP contribution in [-0.4, -0.2) is 4.21 Å². The van der Waals surface area contributed by atoms with E-state index in [1.807, 2.05) is 0 Å². The molecule has 2 aromatic carbocycles. The van der Waals surface area contributed by atoms with Gasteiger partial charge in [0.15, 0.2) is 0 Å². The van der Waals surface area contributed by atoms with Crippen molar-refractivity contribution in [3.8, 4) is 0 Å². The van der Waals surface area contributed by atoms with E-state index in [0.29, 0.717) is 5.75 Å². The van der Waals surface area contributed by atoms with E-state index in [1.54, 1.807) is 35.7 Å². The molecule has 4 heteroatoms. The van der Waals surface area contributed by atoms with E-state index >= 15 is 0 Å². The summed E-state index contributed by atoms with van der Waals surface area (Å²) >= 11 is 0. The van der Waals surface area contributed by atoms with E-state index in [4.69, 9.17) is 0 Å². The fourth-order valence-corrected chi connectivity index (χ4v) is 2.45. The van der Waals surface area contributed by atoms with Crippen LogP contribution in [-0.2, 0) is 16.6 Å². The summed E-state index contributed by atoms with van der Waals surface area (Å²) in [4.78, 5) is 0. The van der Waals surface area contributed by atoms with Crippen LogP contribution in [0.2, 0.25) is 0 Å². The molecule has 0 N–H and O–H groups in total. The first-order chi connectivity index (χ1) is 9.13. The van der Waals surface area contributed by atoms with Crippen molar-refractivity contribution in [1.82, 2.24) is 0 Å². The minimum absolute atomic E-state index is 0.301. The van der Waals surface area contributed by atoms with E-state index in [-0.39, 0.29) is 11.6 Å². The first-order valence-electron chi connectivity index (χ1n) is 5.69. The zero-order valence-electron chi connectivity index (χ0n) is 10.1. The largest absolute Gasteiger partial charge is 0.255 e. The van der Waals surface area contributed by atoms with Gasteiger partial charge in [-0.3, -0.25) is 4.21 Å². The predicted molar refractivity (Wildman–Crippen MR) is 73.7 cm³/mol. The standard InChI is InChI=1S/C15H12F2OS/c16-14-5-1-12(2-6-14)9-10-19(18)11-13-3-7-15(17)8-4-13/h1-10H,11H2/b10-9-. The Kier molecular flexibility index (Phi) is 4.58. The van der Waals surface area contributed by atoms with Crippen molar-refractivity contribution in [3.63, 3.8) is 0 Å². The van der Waals surface area contributed by atoms with Gasteiger partial charge in [0.1, 0.15) is 11.6 Å². The predicted octanol–water partition coefficient (Wildman–Crippen LogP) is 3.88. The molecule has 1 nitrogen and oxygen atoms in total. The Labute approximate surface area is 113 Å². The monoisotopic (exact) mass is 278 g/mol. The fourth-order valence-electron chi connectivity index (χ4n) is 1.52. The lowest BCUT2D eigenvalue weighted by Gasteiger charge is -1.98. The molecule has 1 atom stereocenters. The van der Waals surface area contributed by atoms with Gasteiger partial charge in [0.05, 0.1) is 16.6 Å². The highest BCUT2D eigenvalue weighted by molar-refractivity contribution is 7.87. The molecule has 0 heterocycles.